The lowest BCUT2D eigenvalue weighted by molar-refractivity contribution is -0.122. The largest absolute Gasteiger partial charge is 0.496 e. The van der Waals surface area contributed by atoms with Crippen molar-refractivity contribution in [1.82, 2.24) is 10.6 Å². The molecule has 2 aromatic carbocycles. The highest BCUT2D eigenvalue weighted by Crippen LogP contribution is 2.22. The van der Waals surface area contributed by atoms with Crippen molar-refractivity contribution in [3.05, 3.63) is 63.2 Å². The van der Waals surface area contributed by atoms with Crippen molar-refractivity contribution in [3.8, 4) is 5.75 Å². The summed E-state index contributed by atoms with van der Waals surface area (Å²) in [4.78, 5) is 24.7. The number of halogens is 1. The SMILES string of the molecule is CNC(=O)C(NC(=O)c1cc(I)ccc1OC)c1ccccc1. The minimum absolute atomic E-state index is 0.283. The summed E-state index contributed by atoms with van der Waals surface area (Å²) in [5, 5.41) is 5.34. The highest BCUT2D eigenvalue weighted by atomic mass is 127. The molecule has 0 spiro atoms. The Labute approximate surface area is 148 Å². The predicted molar refractivity (Wildman–Crippen MR) is 96.4 cm³/mol. The normalized spacial score (nSPS) is 11.4. The van der Waals surface area contributed by atoms with E-state index in [1.807, 2.05) is 24.3 Å². The minimum atomic E-state index is -0.767. The molecule has 0 aliphatic heterocycles. The van der Waals surface area contributed by atoms with E-state index in [0.29, 0.717) is 16.9 Å². The van der Waals surface area contributed by atoms with Crippen molar-refractivity contribution in [1.29, 1.82) is 0 Å². The first-order chi connectivity index (χ1) is 11.1. The van der Waals surface area contributed by atoms with Gasteiger partial charge in [-0.15, -0.1) is 0 Å². The van der Waals surface area contributed by atoms with Crippen LogP contribution < -0.4 is 15.4 Å². The van der Waals surface area contributed by atoms with Gasteiger partial charge in [0, 0.05) is 10.6 Å². The molecule has 0 aliphatic carbocycles. The Balaban J connectivity index is 2.32. The molecule has 0 aliphatic rings. The first-order valence-corrected chi connectivity index (χ1v) is 8.05. The molecule has 23 heavy (non-hydrogen) atoms. The average molecular weight is 424 g/mol. The van der Waals surface area contributed by atoms with Crippen LogP contribution in [0.25, 0.3) is 0 Å². The van der Waals surface area contributed by atoms with E-state index in [1.165, 1.54) is 14.2 Å². The van der Waals surface area contributed by atoms with Crippen LogP contribution in [0.2, 0.25) is 0 Å². The molecule has 0 fully saturated rings. The average Bonchev–Trinajstić information content (AvgIpc) is 2.59. The number of carbonyl (C=O) groups is 2. The highest BCUT2D eigenvalue weighted by molar-refractivity contribution is 14.1. The fourth-order valence-corrected chi connectivity index (χ4v) is 2.65. The van der Waals surface area contributed by atoms with E-state index in [1.54, 1.807) is 24.3 Å². The quantitative estimate of drug-likeness (QED) is 0.726. The number of amides is 2. The first kappa shape index (κ1) is 17.3. The molecule has 1 atom stereocenters. The topological polar surface area (TPSA) is 67.4 Å². The number of benzene rings is 2. The van der Waals surface area contributed by atoms with Crippen molar-refractivity contribution < 1.29 is 14.3 Å². The van der Waals surface area contributed by atoms with E-state index in [9.17, 15) is 9.59 Å². The Morgan fingerprint density at radius 2 is 1.83 bits per heavy atom. The Hall–Kier alpha value is -2.09. The number of ether oxygens (including phenoxy) is 1. The summed E-state index contributed by atoms with van der Waals surface area (Å²) in [6, 6.07) is 13.6. The van der Waals surface area contributed by atoms with Gasteiger partial charge in [0.05, 0.1) is 12.7 Å². The van der Waals surface area contributed by atoms with E-state index in [0.717, 1.165) is 3.57 Å². The van der Waals surface area contributed by atoms with Crippen LogP contribution in [0.1, 0.15) is 22.0 Å². The molecule has 120 valence electrons. The molecule has 5 nitrogen and oxygen atoms in total. The van der Waals surface area contributed by atoms with Crippen molar-refractivity contribution in [3.63, 3.8) is 0 Å². The monoisotopic (exact) mass is 424 g/mol. The van der Waals surface area contributed by atoms with Crippen LogP contribution >= 0.6 is 22.6 Å². The summed E-state index contributed by atoms with van der Waals surface area (Å²) in [7, 11) is 3.04. The van der Waals surface area contributed by atoms with Gasteiger partial charge in [-0.05, 0) is 46.4 Å². The summed E-state index contributed by atoms with van der Waals surface area (Å²) >= 11 is 2.12. The van der Waals surface area contributed by atoms with E-state index in [2.05, 4.69) is 33.2 Å². The van der Waals surface area contributed by atoms with Crippen molar-refractivity contribution in [2.24, 2.45) is 0 Å². The number of nitrogens with one attached hydrogen (secondary N) is 2. The second-order valence-corrected chi connectivity index (χ2v) is 6.02. The fourth-order valence-electron chi connectivity index (χ4n) is 2.16. The second-order valence-electron chi connectivity index (χ2n) is 4.78. The number of methoxy groups -OCH3 is 1. The zero-order chi connectivity index (χ0) is 16.8. The molecular weight excluding hydrogens is 407 g/mol. The number of hydrogen-bond acceptors (Lipinski definition) is 3. The van der Waals surface area contributed by atoms with Crippen LogP contribution in [0.15, 0.2) is 48.5 Å². The summed E-state index contributed by atoms with van der Waals surface area (Å²) in [5.41, 5.74) is 1.11. The molecule has 0 bridgehead atoms. The lowest BCUT2D eigenvalue weighted by Crippen LogP contribution is -2.39. The van der Waals surface area contributed by atoms with E-state index in [4.69, 9.17) is 4.74 Å². The number of likely N-dealkylation sites (N-methyl/N-ethyl adjacent to an activating group) is 1. The van der Waals surface area contributed by atoms with Gasteiger partial charge in [-0.3, -0.25) is 9.59 Å². The van der Waals surface area contributed by atoms with Gasteiger partial charge in [0.1, 0.15) is 11.8 Å². The fraction of sp³-hybridized carbons (Fsp3) is 0.176. The standard InChI is InChI=1S/C17H17IN2O3/c1-19-17(22)15(11-6-4-3-5-7-11)20-16(21)13-10-12(18)8-9-14(13)23-2/h3-10,15H,1-2H3,(H,19,22)(H,20,21). The van der Waals surface area contributed by atoms with Gasteiger partial charge in [0.2, 0.25) is 5.91 Å². The van der Waals surface area contributed by atoms with Crippen LogP contribution in [0.5, 0.6) is 5.75 Å². The molecule has 0 heterocycles. The Morgan fingerprint density at radius 1 is 1.13 bits per heavy atom. The maximum absolute atomic E-state index is 12.6. The predicted octanol–water partition coefficient (Wildman–Crippen LogP) is 2.52. The number of rotatable bonds is 5. The summed E-state index contributed by atoms with van der Waals surface area (Å²) < 4.78 is 6.14. The lowest BCUT2D eigenvalue weighted by Gasteiger charge is -2.18. The molecule has 2 N–H and O–H groups in total. The van der Waals surface area contributed by atoms with Crippen LogP contribution in [0, 0.1) is 3.57 Å². The lowest BCUT2D eigenvalue weighted by atomic mass is 10.1. The molecule has 0 radical (unpaired) electrons. The Bertz CT molecular complexity index is 704. The van der Waals surface area contributed by atoms with Crippen LogP contribution in [-0.2, 0) is 4.79 Å². The van der Waals surface area contributed by atoms with Crippen LogP contribution in [0.4, 0.5) is 0 Å². The smallest absolute Gasteiger partial charge is 0.255 e. The number of carbonyl (C=O) groups excluding carboxylic acids is 2. The van der Waals surface area contributed by atoms with Crippen molar-refractivity contribution in [2.45, 2.75) is 6.04 Å². The summed E-state index contributed by atoms with van der Waals surface area (Å²) in [6.45, 7) is 0. The van der Waals surface area contributed by atoms with Gasteiger partial charge in [0.25, 0.3) is 5.91 Å². The number of hydrogen-bond donors (Lipinski definition) is 2. The van der Waals surface area contributed by atoms with Crippen molar-refractivity contribution >= 4 is 34.4 Å². The molecule has 2 rings (SSSR count). The molecule has 0 saturated carbocycles. The molecule has 0 aromatic heterocycles. The highest BCUT2D eigenvalue weighted by Gasteiger charge is 2.23. The van der Waals surface area contributed by atoms with Crippen LogP contribution in [-0.4, -0.2) is 26.0 Å². The van der Waals surface area contributed by atoms with Gasteiger partial charge < -0.3 is 15.4 Å². The minimum Gasteiger partial charge on any atom is -0.496 e. The second kappa shape index (κ2) is 7.96. The van der Waals surface area contributed by atoms with Crippen LogP contribution in [0.3, 0.4) is 0 Å². The van der Waals surface area contributed by atoms with E-state index >= 15 is 0 Å². The van der Waals surface area contributed by atoms with Crippen molar-refractivity contribution in [2.75, 3.05) is 14.2 Å². The van der Waals surface area contributed by atoms with E-state index in [-0.39, 0.29) is 11.8 Å². The third-order valence-corrected chi connectivity index (χ3v) is 3.99. The Kier molecular flexibility index (Phi) is 5.97. The molecular formula is C17H17IN2O3. The van der Waals surface area contributed by atoms with Gasteiger partial charge in [0.15, 0.2) is 0 Å². The van der Waals surface area contributed by atoms with Gasteiger partial charge in [-0.1, -0.05) is 30.3 Å². The van der Waals surface area contributed by atoms with E-state index < -0.39 is 6.04 Å². The zero-order valence-electron chi connectivity index (χ0n) is 12.8. The maximum Gasteiger partial charge on any atom is 0.255 e. The molecule has 0 saturated heterocycles. The molecule has 2 aromatic rings. The summed E-state index contributed by atoms with van der Waals surface area (Å²) in [5.74, 6) is -0.182. The molecule has 1 unspecified atom stereocenters. The van der Waals surface area contributed by atoms with Gasteiger partial charge in [-0.25, -0.2) is 0 Å². The maximum atomic E-state index is 12.6. The Morgan fingerprint density at radius 3 is 2.43 bits per heavy atom. The first-order valence-electron chi connectivity index (χ1n) is 6.97. The van der Waals surface area contributed by atoms with Gasteiger partial charge in [-0.2, -0.15) is 0 Å². The van der Waals surface area contributed by atoms with Gasteiger partial charge >= 0.3 is 0 Å². The molecule has 6 heteroatoms. The molecule has 2 amide bonds. The summed E-state index contributed by atoms with van der Waals surface area (Å²) in [6.07, 6.45) is 0. The zero-order valence-corrected chi connectivity index (χ0v) is 15.0. The third kappa shape index (κ3) is 4.22. The third-order valence-electron chi connectivity index (χ3n) is 3.32.